The van der Waals surface area contributed by atoms with Gasteiger partial charge in [0.05, 0.1) is 4.92 Å². The third kappa shape index (κ3) is 3.01. The molecule has 98 valence electrons. The second-order valence-corrected chi connectivity index (χ2v) is 4.07. The highest BCUT2D eigenvalue weighted by Crippen LogP contribution is 2.20. The Bertz CT molecular complexity index is 619. The van der Waals surface area contributed by atoms with Gasteiger partial charge in [-0.05, 0) is 12.1 Å². The van der Waals surface area contributed by atoms with E-state index in [1.165, 1.54) is 24.3 Å². The number of H-pyrrole nitrogens is 1. The van der Waals surface area contributed by atoms with Crippen molar-refractivity contribution in [3.8, 4) is 5.75 Å². The first-order valence-corrected chi connectivity index (χ1v) is 5.60. The van der Waals surface area contributed by atoms with E-state index in [-0.39, 0.29) is 27.6 Å². The van der Waals surface area contributed by atoms with E-state index >= 15 is 0 Å². The van der Waals surface area contributed by atoms with Crippen molar-refractivity contribution in [3.63, 3.8) is 0 Å². The molecule has 2 aromatic rings. The van der Waals surface area contributed by atoms with Crippen LogP contribution in [0.15, 0.2) is 24.3 Å². The first kappa shape index (κ1) is 13.3. The highest BCUT2D eigenvalue weighted by atomic mass is 35.5. The molecule has 7 nitrogen and oxygen atoms in total. The first-order chi connectivity index (χ1) is 8.97. The van der Waals surface area contributed by atoms with E-state index in [1.807, 2.05) is 0 Å². The predicted molar refractivity (Wildman–Crippen MR) is 66.7 cm³/mol. The topological polar surface area (TPSA) is 98.1 Å². The molecule has 0 saturated heterocycles. The SMILES string of the molecule is O=C(Oc1ccc([N+](=O)[O-])cc1)c1nc(Cl)c(Cl)[nH]1. The highest BCUT2D eigenvalue weighted by molar-refractivity contribution is 6.40. The number of imidazole rings is 1. The van der Waals surface area contributed by atoms with Crippen LogP contribution in [0.4, 0.5) is 5.69 Å². The van der Waals surface area contributed by atoms with Crippen LogP contribution in [0.3, 0.4) is 0 Å². The minimum Gasteiger partial charge on any atom is -0.421 e. The molecule has 1 N–H and O–H groups in total. The fraction of sp³-hybridized carbons (Fsp3) is 0. The number of hydrogen-bond acceptors (Lipinski definition) is 5. The highest BCUT2D eigenvalue weighted by Gasteiger charge is 2.16. The number of nitrogens with zero attached hydrogens (tertiary/aromatic N) is 2. The number of rotatable bonds is 3. The van der Waals surface area contributed by atoms with Gasteiger partial charge >= 0.3 is 5.97 Å². The maximum Gasteiger partial charge on any atom is 0.379 e. The van der Waals surface area contributed by atoms with Gasteiger partial charge in [0, 0.05) is 12.1 Å². The molecule has 1 aromatic heterocycles. The lowest BCUT2D eigenvalue weighted by molar-refractivity contribution is -0.384. The number of aromatic nitrogens is 2. The van der Waals surface area contributed by atoms with E-state index in [9.17, 15) is 14.9 Å². The van der Waals surface area contributed by atoms with Crippen LogP contribution < -0.4 is 4.74 Å². The second-order valence-electron chi connectivity index (χ2n) is 3.33. The van der Waals surface area contributed by atoms with E-state index in [0.717, 1.165) is 0 Å². The quantitative estimate of drug-likeness (QED) is 0.407. The Morgan fingerprint density at radius 2 is 1.95 bits per heavy atom. The number of non-ortho nitro benzene ring substituents is 1. The molecular formula is C10H5Cl2N3O4. The number of nitrogens with one attached hydrogen (secondary N) is 1. The minimum absolute atomic E-state index is 0.0253. The average molecular weight is 302 g/mol. The molecule has 0 radical (unpaired) electrons. The summed E-state index contributed by atoms with van der Waals surface area (Å²) < 4.78 is 4.93. The van der Waals surface area contributed by atoms with Gasteiger partial charge in [0.1, 0.15) is 10.9 Å². The molecule has 19 heavy (non-hydrogen) atoms. The second kappa shape index (κ2) is 5.25. The Morgan fingerprint density at radius 1 is 1.32 bits per heavy atom. The summed E-state index contributed by atoms with van der Waals surface area (Å²) in [5.74, 6) is -0.824. The molecule has 0 amide bonds. The number of esters is 1. The zero-order chi connectivity index (χ0) is 14.0. The molecule has 0 saturated carbocycles. The summed E-state index contributed by atoms with van der Waals surface area (Å²) >= 11 is 11.2. The number of nitro groups is 1. The van der Waals surface area contributed by atoms with Gasteiger partial charge in [0.15, 0.2) is 5.15 Å². The van der Waals surface area contributed by atoms with Gasteiger partial charge in [0.2, 0.25) is 5.82 Å². The zero-order valence-electron chi connectivity index (χ0n) is 9.09. The molecule has 9 heteroatoms. The van der Waals surface area contributed by atoms with Crippen LogP contribution in [0.1, 0.15) is 10.6 Å². The Kier molecular flexibility index (Phi) is 3.68. The molecular weight excluding hydrogens is 297 g/mol. The largest absolute Gasteiger partial charge is 0.421 e. The van der Waals surface area contributed by atoms with Crippen LogP contribution in [0.2, 0.25) is 10.3 Å². The third-order valence-corrected chi connectivity index (χ3v) is 2.71. The van der Waals surface area contributed by atoms with E-state index < -0.39 is 10.9 Å². The van der Waals surface area contributed by atoms with Gasteiger partial charge in [0.25, 0.3) is 5.69 Å². The van der Waals surface area contributed by atoms with E-state index in [0.29, 0.717) is 0 Å². The van der Waals surface area contributed by atoms with Gasteiger partial charge in [-0.3, -0.25) is 10.1 Å². The summed E-state index contributed by atoms with van der Waals surface area (Å²) in [6, 6.07) is 5.01. The standard InChI is InChI=1S/C10H5Cl2N3O4/c11-7-8(12)14-9(13-7)10(16)19-6-3-1-5(2-4-6)15(17)18/h1-4H,(H,13,14). The third-order valence-electron chi connectivity index (χ3n) is 2.07. The molecule has 2 rings (SSSR count). The summed E-state index contributed by atoms with van der Waals surface area (Å²) in [5.41, 5.74) is -0.108. The molecule has 0 atom stereocenters. The van der Waals surface area contributed by atoms with Crippen LogP contribution in [-0.2, 0) is 0 Å². The summed E-state index contributed by atoms with van der Waals surface area (Å²) in [7, 11) is 0. The van der Waals surface area contributed by atoms with Crippen molar-refractivity contribution >= 4 is 34.9 Å². The summed E-state index contributed by atoms with van der Waals surface area (Å²) in [6.45, 7) is 0. The Morgan fingerprint density at radius 3 is 2.42 bits per heavy atom. The van der Waals surface area contributed by atoms with Crippen LogP contribution in [0, 0.1) is 10.1 Å². The normalized spacial score (nSPS) is 10.2. The van der Waals surface area contributed by atoms with Crippen molar-refractivity contribution in [1.29, 1.82) is 0 Å². The number of nitro benzene ring substituents is 1. The van der Waals surface area contributed by atoms with Crippen molar-refractivity contribution < 1.29 is 14.5 Å². The lowest BCUT2D eigenvalue weighted by Crippen LogP contribution is -2.10. The molecule has 0 aliphatic carbocycles. The maximum atomic E-state index is 11.6. The molecule has 0 aliphatic rings. The molecule has 0 fully saturated rings. The smallest absolute Gasteiger partial charge is 0.379 e. The van der Waals surface area contributed by atoms with Crippen LogP contribution in [0.5, 0.6) is 5.75 Å². The van der Waals surface area contributed by atoms with Gasteiger partial charge < -0.3 is 9.72 Å². The Hall–Kier alpha value is -2.12. The number of hydrogen-bond donors (Lipinski definition) is 1. The molecule has 0 aliphatic heterocycles. The van der Waals surface area contributed by atoms with Crippen LogP contribution in [-0.4, -0.2) is 20.9 Å². The lowest BCUT2D eigenvalue weighted by Gasteiger charge is -2.01. The Balaban J connectivity index is 2.12. The Labute approximate surface area is 116 Å². The number of halogens is 2. The summed E-state index contributed by atoms with van der Waals surface area (Å²) in [5, 5.41) is 10.4. The monoisotopic (exact) mass is 301 g/mol. The van der Waals surface area contributed by atoms with Gasteiger partial charge in [-0.2, -0.15) is 0 Å². The number of carbonyl (C=O) groups is 1. The van der Waals surface area contributed by atoms with E-state index in [4.69, 9.17) is 27.9 Å². The van der Waals surface area contributed by atoms with Gasteiger partial charge in [-0.1, -0.05) is 23.2 Å². The van der Waals surface area contributed by atoms with E-state index in [1.54, 1.807) is 0 Å². The van der Waals surface area contributed by atoms with Crippen molar-refractivity contribution in [2.75, 3.05) is 0 Å². The average Bonchev–Trinajstić information content (AvgIpc) is 2.70. The summed E-state index contributed by atoms with van der Waals surface area (Å²) in [6.07, 6.45) is 0. The van der Waals surface area contributed by atoms with Crippen molar-refractivity contribution in [2.45, 2.75) is 0 Å². The molecule has 1 aromatic carbocycles. The van der Waals surface area contributed by atoms with Crippen LogP contribution in [0.25, 0.3) is 0 Å². The fourth-order valence-electron chi connectivity index (χ4n) is 1.22. The van der Waals surface area contributed by atoms with Crippen LogP contribution >= 0.6 is 23.2 Å². The maximum absolute atomic E-state index is 11.6. The number of ether oxygens (including phenoxy) is 1. The number of aromatic amines is 1. The predicted octanol–water partition coefficient (Wildman–Crippen LogP) is 2.84. The van der Waals surface area contributed by atoms with Gasteiger partial charge in [-0.25, -0.2) is 9.78 Å². The number of carbonyl (C=O) groups excluding carboxylic acids is 1. The van der Waals surface area contributed by atoms with E-state index in [2.05, 4.69) is 9.97 Å². The lowest BCUT2D eigenvalue weighted by atomic mass is 10.3. The minimum atomic E-state index is -0.803. The molecule has 0 unspecified atom stereocenters. The van der Waals surface area contributed by atoms with Gasteiger partial charge in [-0.15, -0.1) is 0 Å². The fourth-order valence-corrected chi connectivity index (χ4v) is 1.48. The van der Waals surface area contributed by atoms with Crippen molar-refractivity contribution in [3.05, 3.63) is 50.5 Å². The van der Waals surface area contributed by atoms with Crippen molar-refractivity contribution in [1.82, 2.24) is 9.97 Å². The zero-order valence-corrected chi connectivity index (χ0v) is 10.6. The molecule has 1 heterocycles. The first-order valence-electron chi connectivity index (χ1n) is 4.85. The summed E-state index contributed by atoms with van der Waals surface area (Å²) in [4.78, 5) is 27.6. The molecule has 0 spiro atoms. The molecule has 0 bridgehead atoms. The number of benzene rings is 1. The van der Waals surface area contributed by atoms with Crippen molar-refractivity contribution in [2.24, 2.45) is 0 Å².